The molecule has 0 amide bonds. The van der Waals surface area contributed by atoms with Crippen molar-refractivity contribution in [3.63, 3.8) is 0 Å². The lowest BCUT2D eigenvalue weighted by Crippen LogP contribution is -2.45. The number of hydrogen-bond acceptors (Lipinski definition) is 3. The van der Waals surface area contributed by atoms with Gasteiger partial charge in [0.2, 0.25) is 0 Å². The van der Waals surface area contributed by atoms with Crippen LogP contribution in [0.15, 0.2) is 18.3 Å². The molecule has 0 saturated carbocycles. The maximum atomic E-state index is 4.51. The van der Waals surface area contributed by atoms with Gasteiger partial charge in [-0.05, 0) is 54.1 Å². The van der Waals surface area contributed by atoms with E-state index in [1.807, 2.05) is 6.20 Å². The minimum Gasteiger partial charge on any atom is -0.341 e. The van der Waals surface area contributed by atoms with Gasteiger partial charge >= 0.3 is 0 Å². The summed E-state index contributed by atoms with van der Waals surface area (Å²) >= 11 is 2.30. The molecule has 2 aliphatic heterocycles. The highest BCUT2D eigenvalue weighted by Crippen LogP contribution is 2.35. The normalized spacial score (nSPS) is 30.1. The minimum atomic E-state index is 0.586. The van der Waals surface area contributed by atoms with E-state index in [1.54, 1.807) is 0 Å². The van der Waals surface area contributed by atoms with E-state index < -0.39 is 0 Å². The van der Waals surface area contributed by atoms with Crippen LogP contribution in [0.25, 0.3) is 0 Å². The lowest BCUT2D eigenvalue weighted by molar-refractivity contribution is 0.273. The summed E-state index contributed by atoms with van der Waals surface area (Å²) in [4.78, 5) is 9.38. The summed E-state index contributed by atoms with van der Waals surface area (Å²) in [6.45, 7) is 2.44. The monoisotopic (exact) mass is 315 g/mol. The fraction of sp³-hybridized carbons (Fsp3) is 0.545. The first-order chi connectivity index (χ1) is 7.24. The van der Waals surface area contributed by atoms with Gasteiger partial charge in [0.25, 0.3) is 0 Å². The third kappa shape index (κ3) is 1.63. The van der Waals surface area contributed by atoms with Gasteiger partial charge < -0.3 is 4.90 Å². The molecule has 2 atom stereocenters. The van der Waals surface area contributed by atoms with Crippen LogP contribution in [0.2, 0.25) is 0 Å². The Morgan fingerprint density at radius 2 is 2.27 bits per heavy atom. The Labute approximate surface area is 104 Å². The van der Waals surface area contributed by atoms with E-state index in [2.05, 4.69) is 56.6 Å². The smallest absolute Gasteiger partial charge is 0.129 e. The predicted octanol–water partition coefficient (Wildman–Crippen LogP) is 1.78. The van der Waals surface area contributed by atoms with Gasteiger partial charge in [0.05, 0.1) is 6.17 Å². The number of hydrogen-bond donors (Lipinski definition) is 0. The Kier molecular flexibility index (Phi) is 2.35. The van der Waals surface area contributed by atoms with Gasteiger partial charge in [0.15, 0.2) is 0 Å². The zero-order chi connectivity index (χ0) is 10.4. The molecule has 2 fully saturated rings. The molecule has 15 heavy (non-hydrogen) atoms. The third-order valence-corrected chi connectivity index (χ3v) is 4.06. The van der Waals surface area contributed by atoms with Crippen molar-refractivity contribution < 1.29 is 0 Å². The van der Waals surface area contributed by atoms with Gasteiger partial charge in [0, 0.05) is 22.9 Å². The third-order valence-electron chi connectivity index (χ3n) is 3.42. The molecule has 3 heterocycles. The Bertz CT molecular complexity index is 365. The minimum absolute atomic E-state index is 0.586. The van der Waals surface area contributed by atoms with E-state index in [1.165, 1.54) is 23.1 Å². The first-order valence-electron chi connectivity index (χ1n) is 5.32. The highest BCUT2D eigenvalue weighted by molar-refractivity contribution is 14.1. The molecule has 1 aromatic heterocycles. The number of nitrogens with zero attached hydrogens (tertiary/aromatic N) is 3. The van der Waals surface area contributed by atoms with Crippen LogP contribution in [-0.4, -0.2) is 36.2 Å². The van der Waals surface area contributed by atoms with Gasteiger partial charge in [0.1, 0.15) is 5.82 Å². The average Bonchev–Trinajstić information content (AvgIpc) is 2.77. The van der Waals surface area contributed by atoms with Crippen LogP contribution in [0.1, 0.15) is 6.42 Å². The van der Waals surface area contributed by atoms with Gasteiger partial charge in [-0.15, -0.1) is 0 Å². The van der Waals surface area contributed by atoms with Crippen LogP contribution in [0.5, 0.6) is 0 Å². The molecule has 2 saturated heterocycles. The van der Waals surface area contributed by atoms with Crippen LogP contribution in [0.3, 0.4) is 0 Å². The van der Waals surface area contributed by atoms with Crippen LogP contribution >= 0.6 is 22.6 Å². The Morgan fingerprint density at radius 1 is 1.40 bits per heavy atom. The highest BCUT2D eigenvalue weighted by Gasteiger charge is 2.41. The SMILES string of the molecule is CN1C[C@@H]2C[C@@H]1N(c1ccc(I)cn1)C2. The van der Waals surface area contributed by atoms with E-state index in [4.69, 9.17) is 0 Å². The van der Waals surface area contributed by atoms with Crippen molar-refractivity contribution in [1.82, 2.24) is 9.88 Å². The Balaban J connectivity index is 1.86. The molecule has 2 aliphatic rings. The van der Waals surface area contributed by atoms with Crippen molar-refractivity contribution in [3.8, 4) is 0 Å². The van der Waals surface area contributed by atoms with Gasteiger partial charge in [-0.25, -0.2) is 4.98 Å². The molecule has 0 aromatic carbocycles. The average molecular weight is 315 g/mol. The summed E-state index contributed by atoms with van der Waals surface area (Å²) in [5.41, 5.74) is 0. The predicted molar refractivity (Wildman–Crippen MR) is 68.8 cm³/mol. The first-order valence-corrected chi connectivity index (χ1v) is 6.40. The van der Waals surface area contributed by atoms with Crippen molar-refractivity contribution in [2.24, 2.45) is 5.92 Å². The maximum absolute atomic E-state index is 4.51. The summed E-state index contributed by atoms with van der Waals surface area (Å²) in [5.74, 6) is 1.98. The lowest BCUT2D eigenvalue weighted by Gasteiger charge is -2.34. The summed E-state index contributed by atoms with van der Waals surface area (Å²) in [6, 6.07) is 4.27. The fourth-order valence-corrected chi connectivity index (χ4v) is 3.08. The van der Waals surface area contributed by atoms with Crippen LogP contribution in [-0.2, 0) is 0 Å². The van der Waals surface area contributed by atoms with Crippen molar-refractivity contribution in [2.45, 2.75) is 12.6 Å². The molecule has 2 bridgehead atoms. The quantitative estimate of drug-likeness (QED) is 0.737. The van der Waals surface area contributed by atoms with E-state index in [0.29, 0.717) is 6.17 Å². The summed E-state index contributed by atoms with van der Waals surface area (Å²) in [7, 11) is 2.21. The molecule has 4 heteroatoms. The molecular weight excluding hydrogens is 301 g/mol. The lowest BCUT2D eigenvalue weighted by atomic mass is 10.2. The number of pyridine rings is 1. The molecule has 0 unspecified atom stereocenters. The Morgan fingerprint density at radius 3 is 2.87 bits per heavy atom. The topological polar surface area (TPSA) is 19.4 Å². The van der Waals surface area contributed by atoms with Gasteiger partial charge in [-0.2, -0.15) is 0 Å². The van der Waals surface area contributed by atoms with Crippen molar-refractivity contribution in [3.05, 3.63) is 21.9 Å². The largest absolute Gasteiger partial charge is 0.341 e. The number of rotatable bonds is 1. The molecule has 0 spiro atoms. The van der Waals surface area contributed by atoms with E-state index in [0.717, 1.165) is 11.7 Å². The number of likely N-dealkylation sites (tertiary alicyclic amines) is 1. The molecule has 1 aromatic rings. The molecule has 0 radical (unpaired) electrons. The van der Waals surface area contributed by atoms with Crippen molar-refractivity contribution in [1.29, 1.82) is 0 Å². The molecule has 0 aliphatic carbocycles. The first kappa shape index (κ1) is 9.84. The second-order valence-electron chi connectivity index (χ2n) is 4.51. The van der Waals surface area contributed by atoms with Crippen molar-refractivity contribution in [2.75, 3.05) is 25.0 Å². The van der Waals surface area contributed by atoms with Gasteiger partial charge in [-0.3, -0.25) is 4.90 Å². The maximum Gasteiger partial charge on any atom is 0.129 e. The molecule has 3 nitrogen and oxygen atoms in total. The van der Waals surface area contributed by atoms with E-state index in [-0.39, 0.29) is 0 Å². The number of fused-ring (bicyclic) bond motifs is 2. The molecular formula is C11H14IN3. The van der Waals surface area contributed by atoms with Crippen LogP contribution < -0.4 is 4.90 Å². The zero-order valence-electron chi connectivity index (χ0n) is 8.73. The van der Waals surface area contributed by atoms with Crippen LogP contribution in [0, 0.1) is 9.49 Å². The van der Waals surface area contributed by atoms with Crippen molar-refractivity contribution >= 4 is 28.4 Å². The second-order valence-corrected chi connectivity index (χ2v) is 5.75. The van der Waals surface area contributed by atoms with E-state index in [9.17, 15) is 0 Å². The van der Waals surface area contributed by atoms with Crippen LogP contribution in [0.4, 0.5) is 5.82 Å². The zero-order valence-corrected chi connectivity index (χ0v) is 10.9. The number of aromatic nitrogens is 1. The summed E-state index contributed by atoms with van der Waals surface area (Å²) < 4.78 is 1.20. The van der Waals surface area contributed by atoms with E-state index >= 15 is 0 Å². The molecule has 3 rings (SSSR count). The highest BCUT2D eigenvalue weighted by atomic mass is 127. The summed E-state index contributed by atoms with van der Waals surface area (Å²) in [6.07, 6.45) is 3.84. The Hall–Kier alpha value is -0.360. The number of anilines is 1. The summed E-state index contributed by atoms with van der Waals surface area (Å²) in [5, 5.41) is 0. The second kappa shape index (κ2) is 3.59. The standard InChI is InChI=1S/C11H14IN3/c1-14-6-8-4-11(14)15(7-8)10-3-2-9(12)5-13-10/h2-3,5,8,11H,4,6-7H2,1H3/t8-,11-/m0/s1. The fourth-order valence-electron chi connectivity index (χ4n) is 2.76. The molecule has 80 valence electrons. The van der Waals surface area contributed by atoms with Gasteiger partial charge in [-0.1, -0.05) is 0 Å². The number of halogens is 1. The molecule has 0 N–H and O–H groups in total.